The normalized spacial score (nSPS) is 8.29. The molecule has 74 valence electrons. The summed E-state index contributed by atoms with van der Waals surface area (Å²) in [5, 5.41) is 36.6. The molecule has 7 heteroatoms. The van der Waals surface area contributed by atoms with Crippen LogP contribution in [0.15, 0.2) is 12.1 Å². The van der Waals surface area contributed by atoms with Crippen molar-refractivity contribution in [3.63, 3.8) is 0 Å². The van der Waals surface area contributed by atoms with E-state index in [0.29, 0.717) is 0 Å². The molecule has 0 fully saturated rings. The van der Waals surface area contributed by atoms with Gasteiger partial charge in [0.25, 0.3) is 0 Å². The fourth-order valence-electron chi connectivity index (χ4n) is 0.722. The largest absolute Gasteiger partial charge is 3.00 e. The number of hydrogen-bond donors (Lipinski definition) is 3. The Bertz CT molecular complexity index is 318. The van der Waals surface area contributed by atoms with Crippen molar-refractivity contribution in [2.24, 2.45) is 0 Å². The summed E-state index contributed by atoms with van der Waals surface area (Å²) in [5.41, 5.74) is -0.329. The van der Waals surface area contributed by atoms with Crippen LogP contribution in [-0.4, -0.2) is 47.5 Å². The van der Waals surface area contributed by atoms with Gasteiger partial charge in [0.15, 0.2) is 0 Å². The zero-order valence-corrected chi connectivity index (χ0v) is 12.3. The standard InChI is InChI=1S/C7H6O5.Bi.HI/c8-4-1-3(7(11)12)2-5(9)6(4)10;;/h1-2,8-10H,(H,11,12);;1H/q;+3;/p-2. The molecule has 0 aliphatic heterocycles. The van der Waals surface area contributed by atoms with E-state index >= 15 is 0 Å². The van der Waals surface area contributed by atoms with Crippen molar-refractivity contribution in [3.8, 4) is 17.2 Å². The number of aromatic hydroxyl groups is 2. The van der Waals surface area contributed by atoms with E-state index in [4.69, 9.17) is 15.3 Å². The van der Waals surface area contributed by atoms with Crippen molar-refractivity contribution >= 4 is 32.2 Å². The molecule has 0 aliphatic rings. The molecule has 0 atom stereocenters. The third-order valence-corrected chi connectivity index (χ3v) is 1.30. The van der Waals surface area contributed by atoms with E-state index in [1.165, 1.54) is 0 Å². The maximum absolute atomic E-state index is 10.7. The molecule has 0 heterocycles. The summed E-state index contributed by atoms with van der Waals surface area (Å²) in [5.74, 6) is -3.83. The fraction of sp³-hybridized carbons (Fsp3) is 0. The van der Waals surface area contributed by atoms with Gasteiger partial charge >= 0.3 is 32.2 Å². The van der Waals surface area contributed by atoms with Crippen LogP contribution in [0.5, 0.6) is 17.2 Å². The van der Waals surface area contributed by atoms with E-state index in [9.17, 15) is 9.90 Å². The molecular formula is C7H5BiIO5+. The van der Waals surface area contributed by atoms with Crippen LogP contribution in [-0.2, 0) is 0 Å². The summed E-state index contributed by atoms with van der Waals surface area (Å²) in [7, 11) is 0. The minimum Gasteiger partial charge on any atom is -1.00 e. The van der Waals surface area contributed by atoms with Gasteiger partial charge in [-0.1, -0.05) is 0 Å². The van der Waals surface area contributed by atoms with Gasteiger partial charge < -0.3 is 44.4 Å². The average Bonchev–Trinajstić information content (AvgIpc) is 1.99. The van der Waals surface area contributed by atoms with E-state index < -0.39 is 23.2 Å². The SMILES string of the molecule is O=C(O)c1cc(O)c([O-])c(O)c1.[Bi+3].[I-]. The fourth-order valence-corrected chi connectivity index (χ4v) is 0.722. The first-order valence-electron chi connectivity index (χ1n) is 2.98. The molecule has 0 aromatic heterocycles. The molecule has 1 rings (SSSR count). The van der Waals surface area contributed by atoms with Crippen molar-refractivity contribution in [3.05, 3.63) is 17.7 Å². The third kappa shape index (κ3) is 3.45. The minimum absolute atomic E-state index is 0. The Labute approximate surface area is 116 Å². The maximum Gasteiger partial charge on any atom is 3.00 e. The Morgan fingerprint density at radius 2 is 1.57 bits per heavy atom. The first-order chi connectivity index (χ1) is 5.52. The van der Waals surface area contributed by atoms with Gasteiger partial charge in [-0.2, -0.15) is 0 Å². The van der Waals surface area contributed by atoms with E-state index in [1.54, 1.807) is 0 Å². The van der Waals surface area contributed by atoms with Gasteiger partial charge in [0, 0.05) is 0 Å². The van der Waals surface area contributed by atoms with Crippen LogP contribution in [0.2, 0.25) is 0 Å². The number of phenols is 2. The summed E-state index contributed by atoms with van der Waals surface area (Å²) in [4.78, 5) is 10.3. The Hall–Kier alpha value is -0.297. The second kappa shape index (κ2) is 6.24. The second-order valence-electron chi connectivity index (χ2n) is 2.15. The first-order valence-corrected chi connectivity index (χ1v) is 2.98. The number of carboxylic acid groups (broad SMARTS) is 1. The van der Waals surface area contributed by atoms with Crippen molar-refractivity contribution < 1.29 is 49.2 Å². The van der Waals surface area contributed by atoms with Gasteiger partial charge in [-0.05, 0) is 17.9 Å². The summed E-state index contributed by atoms with van der Waals surface area (Å²) >= 11 is 0. The number of carboxylic acids is 1. The topological polar surface area (TPSA) is 101 Å². The molecule has 1 aromatic rings. The molecular weight excluding hydrogens is 500 g/mol. The molecule has 1 aromatic carbocycles. The van der Waals surface area contributed by atoms with Gasteiger partial charge in [0.2, 0.25) is 0 Å². The van der Waals surface area contributed by atoms with Crippen LogP contribution in [0.4, 0.5) is 0 Å². The van der Waals surface area contributed by atoms with Gasteiger partial charge in [-0.15, -0.1) is 0 Å². The predicted octanol–water partition coefficient (Wildman–Crippen LogP) is -3.51. The van der Waals surface area contributed by atoms with Crippen LogP contribution in [0.3, 0.4) is 0 Å². The Morgan fingerprint density at radius 1 is 1.21 bits per heavy atom. The molecule has 3 N–H and O–H groups in total. The predicted molar refractivity (Wildman–Crippen MR) is 41.9 cm³/mol. The summed E-state index contributed by atoms with van der Waals surface area (Å²) < 4.78 is 0. The van der Waals surface area contributed by atoms with Crippen LogP contribution in [0.25, 0.3) is 0 Å². The summed E-state index contributed by atoms with van der Waals surface area (Å²) in [6, 6.07) is 1.56. The number of carbonyl (C=O) groups is 1. The van der Waals surface area contributed by atoms with Crippen LogP contribution in [0.1, 0.15) is 10.4 Å². The molecule has 0 spiro atoms. The van der Waals surface area contributed by atoms with Crippen LogP contribution in [0, 0.1) is 0 Å². The molecule has 0 amide bonds. The average molecular weight is 505 g/mol. The molecule has 0 saturated heterocycles. The zero-order chi connectivity index (χ0) is 9.30. The molecule has 2 radical (unpaired) electrons. The number of hydrogen-bond acceptors (Lipinski definition) is 4. The van der Waals surface area contributed by atoms with E-state index in [2.05, 4.69) is 0 Å². The van der Waals surface area contributed by atoms with E-state index in [-0.39, 0.29) is 55.7 Å². The molecule has 0 unspecified atom stereocenters. The van der Waals surface area contributed by atoms with E-state index in [0.717, 1.165) is 12.1 Å². The molecule has 0 saturated carbocycles. The molecule has 0 aliphatic carbocycles. The van der Waals surface area contributed by atoms with Crippen molar-refractivity contribution in [1.29, 1.82) is 0 Å². The quantitative estimate of drug-likeness (QED) is 0.272. The van der Waals surface area contributed by atoms with Gasteiger partial charge in [-0.25, -0.2) is 4.79 Å². The number of halogens is 1. The number of aromatic carboxylic acids is 1. The number of phenolic OH excluding ortho intramolecular Hbond substituents is 2. The number of benzene rings is 1. The van der Waals surface area contributed by atoms with E-state index in [1.807, 2.05) is 0 Å². The van der Waals surface area contributed by atoms with Crippen LogP contribution < -0.4 is 29.1 Å². The summed E-state index contributed by atoms with van der Waals surface area (Å²) in [6.07, 6.45) is 0. The van der Waals surface area contributed by atoms with Crippen LogP contribution >= 0.6 is 0 Å². The van der Waals surface area contributed by atoms with Crippen molar-refractivity contribution in [2.75, 3.05) is 0 Å². The van der Waals surface area contributed by atoms with Gasteiger partial charge in [-0.3, -0.25) is 0 Å². The van der Waals surface area contributed by atoms with Crippen molar-refractivity contribution in [1.82, 2.24) is 0 Å². The smallest absolute Gasteiger partial charge is 1.00 e. The van der Waals surface area contributed by atoms with Crippen molar-refractivity contribution in [2.45, 2.75) is 0 Å². The Balaban J connectivity index is 0. The number of rotatable bonds is 1. The molecule has 14 heavy (non-hydrogen) atoms. The summed E-state index contributed by atoms with van der Waals surface area (Å²) in [6.45, 7) is 0. The van der Waals surface area contributed by atoms with Gasteiger partial charge in [0.05, 0.1) is 5.56 Å². The Morgan fingerprint density at radius 3 is 1.86 bits per heavy atom. The first kappa shape index (κ1) is 16.1. The Kier molecular flexibility index (Phi) is 7.19. The molecule has 5 nitrogen and oxygen atoms in total. The van der Waals surface area contributed by atoms with Gasteiger partial charge in [0.1, 0.15) is 11.5 Å². The maximum atomic E-state index is 10.7. The minimum atomic E-state index is -1.32. The monoisotopic (exact) mass is 505 g/mol. The third-order valence-electron chi connectivity index (χ3n) is 1.30. The second-order valence-corrected chi connectivity index (χ2v) is 2.15. The molecule has 0 bridgehead atoms. The zero-order valence-electron chi connectivity index (χ0n) is 6.64.